The minimum absolute atomic E-state index is 0.476. The molecule has 0 aliphatic rings. The quantitative estimate of drug-likeness (QED) is 0.572. The molecule has 0 spiro atoms. The normalized spacial score (nSPS) is 11.2. The molecule has 20 heavy (non-hydrogen) atoms. The summed E-state index contributed by atoms with van der Waals surface area (Å²) in [4.78, 5) is 8.84. The second-order valence-corrected chi connectivity index (χ2v) is 4.65. The molecule has 0 saturated carbocycles. The molecule has 4 rings (SSSR count). The highest BCUT2D eigenvalue weighted by Gasteiger charge is 2.13. The number of benzene rings is 2. The zero-order valence-electron chi connectivity index (χ0n) is 10.7. The van der Waals surface area contributed by atoms with Gasteiger partial charge in [-0.3, -0.25) is 9.55 Å². The highest BCUT2D eigenvalue weighted by Crippen LogP contribution is 2.28. The van der Waals surface area contributed by atoms with E-state index in [9.17, 15) is 0 Å². The molecule has 0 radical (unpaired) electrons. The van der Waals surface area contributed by atoms with Crippen molar-refractivity contribution in [2.45, 2.75) is 0 Å². The molecule has 96 valence electrons. The summed E-state index contributed by atoms with van der Waals surface area (Å²) in [6, 6.07) is 18.0. The molecule has 2 aromatic carbocycles. The maximum absolute atomic E-state index is 6.10. The first-order valence-electron chi connectivity index (χ1n) is 6.42. The lowest BCUT2D eigenvalue weighted by Crippen LogP contribution is -2.00. The Morgan fingerprint density at radius 3 is 2.45 bits per heavy atom. The predicted molar refractivity (Wildman–Crippen MR) is 80.8 cm³/mol. The topological polar surface area (TPSA) is 56.7 Å². The fraction of sp³-hybridized carbons (Fsp3) is 0. The predicted octanol–water partition coefficient (Wildman–Crippen LogP) is 3.16. The van der Waals surface area contributed by atoms with Gasteiger partial charge in [0.2, 0.25) is 5.95 Å². The van der Waals surface area contributed by atoms with Crippen LogP contribution in [0.15, 0.2) is 60.8 Å². The van der Waals surface area contributed by atoms with Crippen LogP contribution in [0, 0.1) is 0 Å². The van der Waals surface area contributed by atoms with Crippen molar-refractivity contribution in [1.29, 1.82) is 0 Å². The molecule has 0 fully saturated rings. The van der Waals surface area contributed by atoms with E-state index >= 15 is 0 Å². The number of hydrogen-bond acceptors (Lipinski definition) is 3. The van der Waals surface area contributed by atoms with Crippen LogP contribution in [0.1, 0.15) is 0 Å². The molecular formula is C16H12N4. The van der Waals surface area contributed by atoms with Crippen LogP contribution in [0.25, 0.3) is 27.6 Å². The largest absolute Gasteiger partial charge is 0.369 e. The second-order valence-electron chi connectivity index (χ2n) is 4.65. The third kappa shape index (κ3) is 1.48. The Kier molecular flexibility index (Phi) is 2.23. The van der Waals surface area contributed by atoms with Gasteiger partial charge < -0.3 is 5.73 Å². The molecule has 4 heteroatoms. The molecule has 0 atom stereocenters. The molecule has 2 N–H and O–H groups in total. The maximum Gasteiger partial charge on any atom is 0.206 e. The molecule has 0 aliphatic carbocycles. The van der Waals surface area contributed by atoms with Crippen LogP contribution in [0.5, 0.6) is 0 Å². The van der Waals surface area contributed by atoms with Gasteiger partial charge in [0.05, 0.1) is 17.2 Å². The SMILES string of the molecule is Nc1nc2cnc3ccccc3c2n1-c1ccccc1. The summed E-state index contributed by atoms with van der Waals surface area (Å²) in [5.74, 6) is 0.476. The molecule has 0 bridgehead atoms. The van der Waals surface area contributed by atoms with Crippen molar-refractivity contribution in [3.8, 4) is 5.69 Å². The smallest absolute Gasteiger partial charge is 0.206 e. The molecule has 0 saturated heterocycles. The van der Waals surface area contributed by atoms with Crippen LogP contribution < -0.4 is 5.73 Å². The van der Waals surface area contributed by atoms with Gasteiger partial charge in [0.25, 0.3) is 0 Å². The van der Waals surface area contributed by atoms with Gasteiger partial charge in [0.15, 0.2) is 0 Å². The van der Waals surface area contributed by atoms with Crippen LogP contribution >= 0.6 is 0 Å². The first-order valence-corrected chi connectivity index (χ1v) is 6.42. The number of nitrogens with two attached hydrogens (primary N) is 1. The lowest BCUT2D eigenvalue weighted by molar-refractivity contribution is 1.11. The lowest BCUT2D eigenvalue weighted by Gasteiger charge is -2.07. The standard InChI is InChI=1S/C16H12N4/c17-16-19-14-10-18-13-9-5-4-8-12(13)15(14)20(16)11-6-2-1-3-7-11/h1-10H,(H2,17,19). The van der Waals surface area contributed by atoms with Gasteiger partial charge in [0.1, 0.15) is 5.52 Å². The number of pyridine rings is 1. The fourth-order valence-electron chi connectivity index (χ4n) is 2.56. The summed E-state index contributed by atoms with van der Waals surface area (Å²) in [6.07, 6.45) is 1.77. The number of anilines is 1. The number of hydrogen-bond donors (Lipinski definition) is 1. The van der Waals surface area contributed by atoms with Crippen LogP contribution in [0.3, 0.4) is 0 Å². The summed E-state index contributed by atoms with van der Waals surface area (Å²) in [6.45, 7) is 0. The third-order valence-corrected chi connectivity index (χ3v) is 3.43. The first-order chi connectivity index (χ1) is 9.84. The van der Waals surface area contributed by atoms with Crippen molar-refractivity contribution in [3.05, 3.63) is 60.8 Å². The second kappa shape index (κ2) is 4.06. The van der Waals surface area contributed by atoms with E-state index in [0.717, 1.165) is 27.6 Å². The van der Waals surface area contributed by atoms with E-state index in [0.29, 0.717) is 5.95 Å². The van der Waals surface area contributed by atoms with E-state index in [1.54, 1.807) is 6.20 Å². The summed E-state index contributed by atoms with van der Waals surface area (Å²) in [7, 11) is 0. The van der Waals surface area contributed by atoms with E-state index < -0.39 is 0 Å². The molecule has 0 aliphatic heterocycles. The first kappa shape index (κ1) is 11.0. The summed E-state index contributed by atoms with van der Waals surface area (Å²) in [5.41, 5.74) is 9.86. The molecule has 4 aromatic rings. The average molecular weight is 260 g/mol. The van der Waals surface area contributed by atoms with E-state index in [-0.39, 0.29) is 0 Å². The highest BCUT2D eigenvalue weighted by atomic mass is 15.2. The van der Waals surface area contributed by atoms with E-state index in [4.69, 9.17) is 5.73 Å². The van der Waals surface area contributed by atoms with Crippen LogP contribution in [0.4, 0.5) is 5.95 Å². The van der Waals surface area contributed by atoms with Crippen molar-refractivity contribution in [2.75, 3.05) is 5.73 Å². The summed E-state index contributed by atoms with van der Waals surface area (Å²) < 4.78 is 1.97. The number of imidazole rings is 1. The monoisotopic (exact) mass is 260 g/mol. The Bertz CT molecular complexity index is 910. The van der Waals surface area contributed by atoms with Crippen molar-refractivity contribution in [2.24, 2.45) is 0 Å². The minimum Gasteiger partial charge on any atom is -0.369 e. The number of nitrogens with zero attached hydrogens (tertiary/aromatic N) is 3. The van der Waals surface area contributed by atoms with Crippen molar-refractivity contribution in [1.82, 2.24) is 14.5 Å². The minimum atomic E-state index is 0.476. The van der Waals surface area contributed by atoms with Gasteiger partial charge in [0, 0.05) is 11.1 Å². The zero-order valence-corrected chi connectivity index (χ0v) is 10.7. The van der Waals surface area contributed by atoms with Gasteiger partial charge in [-0.25, -0.2) is 4.98 Å². The molecule has 0 unspecified atom stereocenters. The van der Waals surface area contributed by atoms with E-state index in [1.807, 2.05) is 59.2 Å². The Morgan fingerprint density at radius 1 is 0.850 bits per heavy atom. The van der Waals surface area contributed by atoms with Gasteiger partial charge in [-0.05, 0) is 18.2 Å². The molecular weight excluding hydrogens is 248 g/mol. The maximum atomic E-state index is 6.10. The van der Waals surface area contributed by atoms with Crippen LogP contribution in [0.2, 0.25) is 0 Å². The summed E-state index contributed by atoms with van der Waals surface area (Å²) in [5, 5.41) is 1.05. The van der Waals surface area contributed by atoms with Crippen LogP contribution in [-0.2, 0) is 0 Å². The van der Waals surface area contributed by atoms with E-state index in [1.165, 1.54) is 0 Å². The average Bonchev–Trinajstić information content (AvgIpc) is 2.84. The third-order valence-electron chi connectivity index (χ3n) is 3.43. The van der Waals surface area contributed by atoms with Gasteiger partial charge in [-0.1, -0.05) is 36.4 Å². The Balaban J connectivity index is 2.20. The molecule has 2 heterocycles. The highest BCUT2D eigenvalue weighted by molar-refractivity contribution is 6.03. The van der Waals surface area contributed by atoms with Crippen molar-refractivity contribution >= 4 is 27.9 Å². The number of fused-ring (bicyclic) bond motifs is 3. The van der Waals surface area contributed by atoms with E-state index in [2.05, 4.69) is 9.97 Å². The lowest BCUT2D eigenvalue weighted by atomic mass is 10.2. The molecule has 2 aromatic heterocycles. The fourth-order valence-corrected chi connectivity index (χ4v) is 2.56. The van der Waals surface area contributed by atoms with Crippen molar-refractivity contribution < 1.29 is 0 Å². The van der Waals surface area contributed by atoms with Gasteiger partial charge in [-0.15, -0.1) is 0 Å². The molecule has 0 amide bonds. The molecule has 4 nitrogen and oxygen atoms in total. The number of aromatic nitrogens is 3. The zero-order chi connectivity index (χ0) is 13.5. The van der Waals surface area contributed by atoms with Gasteiger partial charge in [-0.2, -0.15) is 0 Å². The summed E-state index contributed by atoms with van der Waals surface area (Å²) >= 11 is 0. The number of para-hydroxylation sites is 2. The van der Waals surface area contributed by atoms with Crippen molar-refractivity contribution in [3.63, 3.8) is 0 Å². The van der Waals surface area contributed by atoms with Crippen LogP contribution in [-0.4, -0.2) is 14.5 Å². The Morgan fingerprint density at radius 2 is 1.60 bits per heavy atom. The van der Waals surface area contributed by atoms with Gasteiger partial charge >= 0.3 is 0 Å². The number of nitrogen functional groups attached to an aromatic ring is 1. The number of rotatable bonds is 1. The Hall–Kier alpha value is -2.88. The Labute approximate surface area is 115 Å².